The molecule has 1 aliphatic heterocycles. The molecule has 0 amide bonds. The Morgan fingerprint density at radius 3 is 2.85 bits per heavy atom. The normalized spacial score (nSPS) is 14.8. The van der Waals surface area contributed by atoms with Crippen LogP contribution in [0.15, 0.2) is 36.4 Å². The van der Waals surface area contributed by atoms with Crippen LogP contribution in [0.2, 0.25) is 5.02 Å². The summed E-state index contributed by atoms with van der Waals surface area (Å²) in [5.41, 5.74) is 7.55. The van der Waals surface area contributed by atoms with E-state index in [0.29, 0.717) is 0 Å². The number of nitrogens with one attached hydrogen (secondary N) is 1. The van der Waals surface area contributed by atoms with E-state index in [1.165, 1.54) is 5.56 Å². The highest BCUT2D eigenvalue weighted by atomic mass is 35.5. The van der Waals surface area contributed by atoms with Gasteiger partial charge in [-0.15, -0.1) is 0 Å². The molecule has 20 heavy (non-hydrogen) atoms. The molecule has 3 N–H and O–H groups in total. The molecule has 0 saturated heterocycles. The zero-order valence-corrected chi connectivity index (χ0v) is 12.1. The van der Waals surface area contributed by atoms with Gasteiger partial charge < -0.3 is 4.74 Å². The molecule has 0 aromatic heterocycles. The number of aryl methyl sites for hydroxylation is 1. The third kappa shape index (κ3) is 2.40. The van der Waals surface area contributed by atoms with Crippen LogP contribution in [0.5, 0.6) is 5.75 Å². The first-order valence-electron chi connectivity index (χ1n) is 6.67. The second-order valence-electron chi connectivity index (χ2n) is 5.07. The van der Waals surface area contributed by atoms with Crippen LogP contribution in [0.1, 0.15) is 28.3 Å². The number of hydrazine groups is 1. The van der Waals surface area contributed by atoms with Crippen LogP contribution in [-0.2, 0) is 6.42 Å². The van der Waals surface area contributed by atoms with Gasteiger partial charge in [-0.25, -0.2) is 5.43 Å². The fraction of sp³-hybridized carbons (Fsp3) is 0.250. The molecule has 0 fully saturated rings. The average molecular weight is 289 g/mol. The number of hydrogen-bond acceptors (Lipinski definition) is 3. The largest absolute Gasteiger partial charge is 0.493 e. The second-order valence-corrected chi connectivity index (χ2v) is 5.50. The first kappa shape index (κ1) is 13.4. The van der Waals surface area contributed by atoms with Crippen molar-refractivity contribution >= 4 is 11.6 Å². The molecular weight excluding hydrogens is 272 g/mol. The van der Waals surface area contributed by atoms with Gasteiger partial charge in [-0.3, -0.25) is 5.84 Å². The molecule has 2 aromatic rings. The monoisotopic (exact) mass is 288 g/mol. The maximum atomic E-state index is 6.02. The van der Waals surface area contributed by atoms with Crippen LogP contribution in [0, 0.1) is 6.92 Å². The number of halogens is 1. The molecular formula is C16H17ClN2O. The lowest BCUT2D eigenvalue weighted by Crippen LogP contribution is -2.29. The van der Waals surface area contributed by atoms with E-state index in [9.17, 15) is 0 Å². The fourth-order valence-corrected chi connectivity index (χ4v) is 2.94. The smallest absolute Gasteiger partial charge is 0.122 e. The van der Waals surface area contributed by atoms with Gasteiger partial charge in [0, 0.05) is 11.4 Å². The second kappa shape index (κ2) is 5.44. The molecule has 0 saturated carbocycles. The molecule has 4 heteroatoms. The molecule has 3 nitrogen and oxygen atoms in total. The van der Waals surface area contributed by atoms with Crippen LogP contribution in [-0.4, -0.2) is 6.61 Å². The van der Waals surface area contributed by atoms with Crippen LogP contribution >= 0.6 is 11.6 Å². The van der Waals surface area contributed by atoms with Crippen molar-refractivity contribution in [1.29, 1.82) is 0 Å². The first-order chi connectivity index (χ1) is 9.69. The summed E-state index contributed by atoms with van der Waals surface area (Å²) >= 11 is 6.02. The van der Waals surface area contributed by atoms with Crippen molar-refractivity contribution in [1.82, 2.24) is 5.43 Å². The standard InChI is InChI=1S/C16H17ClN2O/c1-10-8-13(17)3-4-14(10)16(19-18)12-2-5-15-11(9-12)6-7-20-15/h2-5,8-9,16,19H,6-7,18H2,1H3. The van der Waals surface area contributed by atoms with Crippen molar-refractivity contribution < 1.29 is 4.74 Å². The van der Waals surface area contributed by atoms with Crippen molar-refractivity contribution in [2.24, 2.45) is 5.84 Å². The molecule has 0 radical (unpaired) electrons. The van der Waals surface area contributed by atoms with Crippen molar-refractivity contribution in [3.05, 3.63) is 63.7 Å². The molecule has 3 rings (SSSR count). The van der Waals surface area contributed by atoms with E-state index < -0.39 is 0 Å². The Labute approximate surface area is 123 Å². The summed E-state index contributed by atoms with van der Waals surface area (Å²) in [6.45, 7) is 2.81. The predicted octanol–water partition coefficient (Wildman–Crippen LogP) is 3.14. The summed E-state index contributed by atoms with van der Waals surface area (Å²) in [6, 6.07) is 12.1. The molecule has 1 atom stereocenters. The molecule has 0 spiro atoms. The number of ether oxygens (including phenoxy) is 1. The topological polar surface area (TPSA) is 47.3 Å². The van der Waals surface area contributed by atoms with Crippen LogP contribution in [0.3, 0.4) is 0 Å². The van der Waals surface area contributed by atoms with Gasteiger partial charge in [0.25, 0.3) is 0 Å². The molecule has 1 heterocycles. The number of nitrogens with two attached hydrogens (primary N) is 1. The Morgan fingerprint density at radius 2 is 2.10 bits per heavy atom. The van der Waals surface area contributed by atoms with Gasteiger partial charge in [0.2, 0.25) is 0 Å². The van der Waals surface area contributed by atoms with E-state index in [2.05, 4.69) is 17.6 Å². The average Bonchev–Trinajstić information content (AvgIpc) is 2.89. The molecule has 1 aliphatic rings. The Kier molecular flexibility index (Phi) is 3.66. The predicted molar refractivity (Wildman–Crippen MR) is 81.0 cm³/mol. The van der Waals surface area contributed by atoms with E-state index in [1.54, 1.807) is 0 Å². The Bertz CT molecular complexity index is 642. The van der Waals surface area contributed by atoms with Crippen LogP contribution < -0.4 is 16.0 Å². The van der Waals surface area contributed by atoms with Crippen LogP contribution in [0.4, 0.5) is 0 Å². The third-order valence-corrected chi connectivity index (χ3v) is 3.99. The highest BCUT2D eigenvalue weighted by Gasteiger charge is 2.18. The summed E-state index contributed by atoms with van der Waals surface area (Å²) < 4.78 is 5.54. The molecule has 2 aromatic carbocycles. The van der Waals surface area contributed by atoms with Gasteiger partial charge in [-0.05, 0) is 47.4 Å². The molecule has 1 unspecified atom stereocenters. The lowest BCUT2D eigenvalue weighted by molar-refractivity contribution is 0.357. The minimum Gasteiger partial charge on any atom is -0.493 e. The maximum Gasteiger partial charge on any atom is 0.122 e. The number of fused-ring (bicyclic) bond motifs is 1. The summed E-state index contributed by atoms with van der Waals surface area (Å²) in [5, 5.41) is 0.740. The van der Waals surface area contributed by atoms with Gasteiger partial charge in [0.15, 0.2) is 0 Å². The summed E-state index contributed by atoms with van der Waals surface area (Å²) in [6.07, 6.45) is 0.958. The van der Waals surface area contributed by atoms with Crippen molar-refractivity contribution in [2.75, 3.05) is 6.61 Å². The van der Waals surface area contributed by atoms with Crippen molar-refractivity contribution in [2.45, 2.75) is 19.4 Å². The summed E-state index contributed by atoms with van der Waals surface area (Å²) in [7, 11) is 0. The SMILES string of the molecule is Cc1cc(Cl)ccc1C(NN)c1ccc2c(c1)CCO2. The molecule has 0 aliphatic carbocycles. The summed E-state index contributed by atoms with van der Waals surface area (Å²) in [4.78, 5) is 0. The van der Waals surface area contributed by atoms with Gasteiger partial charge in [-0.1, -0.05) is 29.8 Å². The Balaban J connectivity index is 2.01. The fourth-order valence-electron chi connectivity index (χ4n) is 2.71. The highest BCUT2D eigenvalue weighted by Crippen LogP contribution is 2.31. The van der Waals surface area contributed by atoms with Gasteiger partial charge in [0.1, 0.15) is 5.75 Å². The van der Waals surface area contributed by atoms with E-state index in [0.717, 1.165) is 40.5 Å². The van der Waals surface area contributed by atoms with E-state index in [1.807, 2.05) is 31.2 Å². The first-order valence-corrected chi connectivity index (χ1v) is 7.04. The molecule has 104 valence electrons. The maximum absolute atomic E-state index is 6.02. The van der Waals surface area contributed by atoms with E-state index >= 15 is 0 Å². The lowest BCUT2D eigenvalue weighted by atomic mass is 9.94. The van der Waals surface area contributed by atoms with Gasteiger partial charge in [-0.2, -0.15) is 0 Å². The van der Waals surface area contributed by atoms with Crippen molar-refractivity contribution in [3.63, 3.8) is 0 Å². The Hall–Kier alpha value is -1.55. The highest BCUT2D eigenvalue weighted by molar-refractivity contribution is 6.30. The minimum atomic E-state index is -0.0434. The quantitative estimate of drug-likeness (QED) is 0.674. The number of rotatable bonds is 3. The van der Waals surface area contributed by atoms with Gasteiger partial charge in [0.05, 0.1) is 12.6 Å². The molecule has 0 bridgehead atoms. The van der Waals surface area contributed by atoms with E-state index in [4.69, 9.17) is 22.2 Å². The van der Waals surface area contributed by atoms with Crippen molar-refractivity contribution in [3.8, 4) is 5.75 Å². The lowest BCUT2D eigenvalue weighted by Gasteiger charge is -2.20. The van der Waals surface area contributed by atoms with Crippen LogP contribution in [0.25, 0.3) is 0 Å². The number of hydrogen-bond donors (Lipinski definition) is 2. The van der Waals surface area contributed by atoms with E-state index in [-0.39, 0.29) is 6.04 Å². The zero-order chi connectivity index (χ0) is 14.1. The Morgan fingerprint density at radius 1 is 1.25 bits per heavy atom. The zero-order valence-electron chi connectivity index (χ0n) is 11.3. The summed E-state index contributed by atoms with van der Waals surface area (Å²) in [5.74, 6) is 6.76. The number of benzene rings is 2. The third-order valence-electron chi connectivity index (χ3n) is 3.76. The minimum absolute atomic E-state index is 0.0434. The van der Waals surface area contributed by atoms with Gasteiger partial charge >= 0.3 is 0 Å².